The van der Waals surface area contributed by atoms with Gasteiger partial charge in [0.25, 0.3) is 0 Å². The summed E-state index contributed by atoms with van der Waals surface area (Å²) in [6.45, 7) is 2.19. The van der Waals surface area contributed by atoms with E-state index in [0.717, 1.165) is 6.32 Å². The van der Waals surface area contributed by atoms with Gasteiger partial charge in [-0.25, -0.2) is 0 Å². The summed E-state index contributed by atoms with van der Waals surface area (Å²) >= 11 is 2.39. The normalized spacial score (nSPS) is 10.7. The van der Waals surface area contributed by atoms with Crippen molar-refractivity contribution in [2.45, 2.75) is 13.2 Å². The molecule has 0 spiro atoms. The molecular weight excluding hydrogens is 282 g/mol. The number of fused-ring (bicyclic) bond motifs is 1. The summed E-state index contributed by atoms with van der Waals surface area (Å²) in [7, 11) is 2.20. The van der Waals surface area contributed by atoms with Gasteiger partial charge in [-0.15, -0.1) is 0 Å². The standard InChI is InChI=1S/C12H12BI/c1-8-11-4-2-9(7-13)6-10(11)3-5-12(8)14/h2-6H,7,13H2,1H3. The molecule has 0 fully saturated rings. The van der Waals surface area contributed by atoms with Gasteiger partial charge in [-0.1, -0.05) is 36.1 Å². The lowest BCUT2D eigenvalue weighted by molar-refractivity contribution is 1.41. The number of halogens is 1. The minimum absolute atomic E-state index is 1.11. The Balaban J connectivity index is 2.74. The van der Waals surface area contributed by atoms with Crippen LogP contribution in [0, 0.1) is 10.5 Å². The van der Waals surface area contributed by atoms with Crippen LogP contribution in [-0.2, 0) is 6.32 Å². The molecule has 0 saturated carbocycles. The molecule has 0 nitrogen and oxygen atoms in total. The van der Waals surface area contributed by atoms with Crippen molar-refractivity contribution < 1.29 is 0 Å². The fourth-order valence-corrected chi connectivity index (χ4v) is 2.20. The van der Waals surface area contributed by atoms with Crippen LogP contribution < -0.4 is 0 Å². The van der Waals surface area contributed by atoms with Gasteiger partial charge in [-0.2, -0.15) is 0 Å². The Hall–Kier alpha value is -0.505. The zero-order chi connectivity index (χ0) is 10.1. The predicted octanol–water partition coefficient (Wildman–Crippen LogP) is 2.89. The van der Waals surface area contributed by atoms with Gasteiger partial charge in [0.1, 0.15) is 7.85 Å². The Morgan fingerprint density at radius 3 is 2.71 bits per heavy atom. The fraction of sp³-hybridized carbons (Fsp3) is 0.167. The third-order valence-electron chi connectivity index (χ3n) is 2.70. The van der Waals surface area contributed by atoms with Crippen LogP contribution in [0.2, 0.25) is 0 Å². The monoisotopic (exact) mass is 294 g/mol. The number of benzene rings is 2. The summed E-state index contributed by atoms with van der Waals surface area (Å²) in [5, 5.41) is 2.75. The average molecular weight is 294 g/mol. The zero-order valence-electron chi connectivity index (χ0n) is 8.47. The minimum atomic E-state index is 1.11. The third-order valence-corrected chi connectivity index (χ3v) is 3.86. The van der Waals surface area contributed by atoms with E-state index < -0.39 is 0 Å². The molecule has 0 saturated heterocycles. The first kappa shape index (κ1) is 10.0. The predicted molar refractivity (Wildman–Crippen MR) is 73.7 cm³/mol. The number of rotatable bonds is 1. The molecule has 70 valence electrons. The van der Waals surface area contributed by atoms with Gasteiger partial charge < -0.3 is 0 Å². The lowest BCUT2D eigenvalue weighted by Gasteiger charge is -2.06. The summed E-state index contributed by atoms with van der Waals surface area (Å²) in [4.78, 5) is 0. The number of hydrogen-bond acceptors (Lipinski definition) is 0. The first-order valence-corrected chi connectivity index (χ1v) is 5.98. The second-order valence-corrected chi connectivity index (χ2v) is 4.74. The van der Waals surface area contributed by atoms with Crippen LogP contribution in [0.5, 0.6) is 0 Å². The smallest absolute Gasteiger partial charge is 0.0591 e. The summed E-state index contributed by atoms with van der Waals surface area (Å²) in [5.41, 5.74) is 2.81. The molecule has 2 rings (SSSR count). The number of aryl methyl sites for hydroxylation is 1. The Morgan fingerprint density at radius 1 is 1.21 bits per heavy atom. The quantitative estimate of drug-likeness (QED) is 0.560. The zero-order valence-corrected chi connectivity index (χ0v) is 10.6. The van der Waals surface area contributed by atoms with Crippen LogP contribution in [0.3, 0.4) is 0 Å². The second-order valence-electron chi connectivity index (χ2n) is 3.58. The highest BCUT2D eigenvalue weighted by Gasteiger charge is 2.01. The Kier molecular flexibility index (Phi) is 2.82. The van der Waals surface area contributed by atoms with Crippen LogP contribution >= 0.6 is 22.6 Å². The van der Waals surface area contributed by atoms with E-state index in [1.54, 1.807) is 0 Å². The first-order chi connectivity index (χ1) is 6.72. The van der Waals surface area contributed by atoms with Crippen molar-refractivity contribution in [3.8, 4) is 0 Å². The van der Waals surface area contributed by atoms with Crippen LogP contribution in [0.15, 0.2) is 30.3 Å². The van der Waals surface area contributed by atoms with Crippen molar-refractivity contribution in [3.63, 3.8) is 0 Å². The fourth-order valence-electron chi connectivity index (χ4n) is 1.73. The Labute approximate surface area is 99.3 Å². The van der Waals surface area contributed by atoms with E-state index in [4.69, 9.17) is 0 Å². The van der Waals surface area contributed by atoms with Crippen LogP contribution in [0.1, 0.15) is 11.1 Å². The molecule has 0 aliphatic rings. The Bertz CT molecular complexity index is 477. The molecule has 0 aromatic heterocycles. The van der Waals surface area contributed by atoms with Crippen molar-refractivity contribution in [1.29, 1.82) is 0 Å². The lowest BCUT2D eigenvalue weighted by Crippen LogP contribution is -1.87. The van der Waals surface area contributed by atoms with Gasteiger partial charge in [-0.3, -0.25) is 0 Å². The molecule has 0 atom stereocenters. The molecule has 2 aromatic carbocycles. The van der Waals surface area contributed by atoms with Crippen molar-refractivity contribution >= 4 is 41.2 Å². The minimum Gasteiger partial charge on any atom is -0.0591 e. The van der Waals surface area contributed by atoms with E-state index in [2.05, 4.69) is 67.7 Å². The van der Waals surface area contributed by atoms with E-state index in [1.165, 1.54) is 25.5 Å². The third kappa shape index (κ3) is 1.67. The Morgan fingerprint density at radius 2 is 2.00 bits per heavy atom. The molecule has 0 amide bonds. The summed E-state index contributed by atoms with van der Waals surface area (Å²) < 4.78 is 1.35. The molecule has 0 heterocycles. The molecule has 2 aromatic rings. The SMILES string of the molecule is BCc1ccc2c(C)c(I)ccc2c1. The van der Waals surface area contributed by atoms with Gasteiger partial charge >= 0.3 is 0 Å². The highest BCUT2D eigenvalue weighted by atomic mass is 127. The van der Waals surface area contributed by atoms with E-state index >= 15 is 0 Å². The van der Waals surface area contributed by atoms with E-state index in [1.807, 2.05) is 0 Å². The highest BCUT2D eigenvalue weighted by molar-refractivity contribution is 14.1. The molecule has 0 N–H and O–H groups in total. The van der Waals surface area contributed by atoms with Gasteiger partial charge in [0.15, 0.2) is 0 Å². The van der Waals surface area contributed by atoms with Crippen LogP contribution in [-0.4, -0.2) is 7.85 Å². The maximum Gasteiger partial charge on any atom is 0.107 e. The van der Waals surface area contributed by atoms with Crippen molar-refractivity contribution in [2.24, 2.45) is 0 Å². The molecular formula is C12H12BI. The summed E-state index contributed by atoms with van der Waals surface area (Å²) in [6.07, 6.45) is 1.11. The van der Waals surface area contributed by atoms with Gasteiger partial charge in [0, 0.05) is 3.57 Å². The molecule has 14 heavy (non-hydrogen) atoms. The maximum absolute atomic E-state index is 2.39. The van der Waals surface area contributed by atoms with Gasteiger partial charge in [-0.05, 0) is 51.9 Å². The lowest BCUT2D eigenvalue weighted by atomic mass is 9.94. The van der Waals surface area contributed by atoms with Gasteiger partial charge in [0.05, 0.1) is 0 Å². The summed E-state index contributed by atoms with van der Waals surface area (Å²) in [6, 6.07) is 11.2. The van der Waals surface area contributed by atoms with Gasteiger partial charge in [0.2, 0.25) is 0 Å². The molecule has 0 radical (unpaired) electrons. The maximum atomic E-state index is 2.39. The molecule has 0 bridgehead atoms. The number of hydrogen-bond donors (Lipinski definition) is 0. The van der Waals surface area contributed by atoms with E-state index in [9.17, 15) is 0 Å². The molecule has 0 aliphatic carbocycles. The second kappa shape index (κ2) is 3.93. The van der Waals surface area contributed by atoms with E-state index in [-0.39, 0.29) is 0 Å². The largest absolute Gasteiger partial charge is 0.107 e. The molecule has 0 aliphatic heterocycles. The topological polar surface area (TPSA) is 0 Å². The average Bonchev–Trinajstić information content (AvgIpc) is 2.23. The van der Waals surface area contributed by atoms with Crippen molar-refractivity contribution in [2.75, 3.05) is 0 Å². The van der Waals surface area contributed by atoms with Crippen LogP contribution in [0.4, 0.5) is 0 Å². The summed E-state index contributed by atoms with van der Waals surface area (Å²) in [5.74, 6) is 0. The molecule has 2 heteroatoms. The van der Waals surface area contributed by atoms with Crippen LogP contribution in [0.25, 0.3) is 10.8 Å². The first-order valence-electron chi connectivity index (χ1n) is 4.90. The molecule has 0 unspecified atom stereocenters. The van der Waals surface area contributed by atoms with Crippen molar-refractivity contribution in [3.05, 3.63) is 45.0 Å². The highest BCUT2D eigenvalue weighted by Crippen LogP contribution is 2.23. The van der Waals surface area contributed by atoms with E-state index in [0.29, 0.717) is 0 Å². The van der Waals surface area contributed by atoms with Crippen molar-refractivity contribution in [1.82, 2.24) is 0 Å².